The SMILES string of the molecule is Cl.O=C(O)c1cn(C2CC2)c2cc(Cl)c(F)cc2c1=O.[C-]#[N+]C(CN)=C1CCN(c2cc3c(cc2F)c(=O)c(C(=O)O)cn3C2CC2)CC1.[C-]#[N+]C(CN1C(=O)c2ccccc2C1=O)=C1CCN(c2cc3c(cc2F)c(=O)c(C(=O)O)cn3C2CC2)CC1.[C-]#[N+]C(CN1C(=O)c2ccccc2C1=O)=C1CCNCC1. The maximum atomic E-state index is 15.3. The number of rotatable bonds is 13. The monoisotopic (exact) mass is 1520 g/mol. The number of nitrogens with zero attached hydrogens (tertiary/aromatic N) is 10. The lowest BCUT2D eigenvalue weighted by Gasteiger charge is -2.32. The van der Waals surface area contributed by atoms with Gasteiger partial charge in [0.15, 0.2) is 17.1 Å². The number of hydrogen-bond acceptors (Lipinski definition) is 14. The zero-order chi connectivity index (χ0) is 76.7. The van der Waals surface area contributed by atoms with Gasteiger partial charge in [0.25, 0.3) is 23.6 Å². The molecule has 0 spiro atoms. The number of carbonyl (C=O) groups is 7. The van der Waals surface area contributed by atoms with Crippen LogP contribution in [0.4, 0.5) is 24.5 Å². The van der Waals surface area contributed by atoms with Crippen LogP contribution in [-0.4, -0.2) is 139 Å². The zero-order valence-electron chi connectivity index (χ0n) is 58.3. The van der Waals surface area contributed by atoms with Crippen LogP contribution < -0.4 is 37.1 Å². The number of imide groups is 2. The summed E-state index contributed by atoms with van der Waals surface area (Å²) in [4.78, 5) is 138. The molecule has 0 bridgehead atoms. The van der Waals surface area contributed by atoms with E-state index in [2.05, 4.69) is 19.9 Å². The number of carboxylic acids is 3. The molecule has 6 N–H and O–H groups in total. The summed E-state index contributed by atoms with van der Waals surface area (Å²) in [6.45, 7) is 26.1. The number of piperidine rings is 3. The van der Waals surface area contributed by atoms with Crippen molar-refractivity contribution < 1.29 is 62.1 Å². The summed E-state index contributed by atoms with van der Waals surface area (Å²) in [5.74, 6) is -7.27. The van der Waals surface area contributed by atoms with Gasteiger partial charge in [-0.15, -0.1) is 12.4 Å². The topological polar surface area (TPSA) is 310 Å². The van der Waals surface area contributed by atoms with Crippen molar-refractivity contribution in [1.29, 1.82) is 0 Å². The van der Waals surface area contributed by atoms with Crippen molar-refractivity contribution in [3.05, 3.63) is 264 Å². The van der Waals surface area contributed by atoms with Crippen molar-refractivity contribution in [2.24, 2.45) is 5.73 Å². The van der Waals surface area contributed by atoms with E-state index in [1.807, 2.05) is 9.80 Å². The first-order valence-corrected chi connectivity index (χ1v) is 35.4. The Kier molecular flexibility index (Phi) is 22.4. The number of amides is 4. The molecule has 25 nitrogen and oxygen atoms in total. The molecule has 8 heterocycles. The summed E-state index contributed by atoms with van der Waals surface area (Å²) in [6, 6.07) is 21.7. The number of pyridine rings is 3. The summed E-state index contributed by atoms with van der Waals surface area (Å²) in [5, 5.41) is 31.2. The van der Waals surface area contributed by atoms with Gasteiger partial charge >= 0.3 is 17.9 Å². The number of nitrogens with one attached hydrogen (secondary N) is 1. The summed E-state index contributed by atoms with van der Waals surface area (Å²) in [7, 11) is 0. The molecule has 558 valence electrons. The molecule has 0 radical (unpaired) electrons. The van der Waals surface area contributed by atoms with Crippen LogP contribution in [0.25, 0.3) is 47.2 Å². The molecule has 3 saturated carbocycles. The van der Waals surface area contributed by atoms with E-state index in [1.54, 1.807) is 74.4 Å². The van der Waals surface area contributed by atoms with Gasteiger partial charge in [-0.3, -0.25) is 43.4 Å². The number of aromatic nitrogens is 3. The minimum Gasteiger partial charge on any atom is -0.477 e. The lowest BCUT2D eigenvalue weighted by atomic mass is 10.00. The molecule has 0 atom stereocenters. The number of halogens is 5. The van der Waals surface area contributed by atoms with E-state index in [4.69, 9.17) is 42.2 Å². The average Bonchev–Trinajstić information content (AvgIpc) is 1.73. The van der Waals surface area contributed by atoms with Crippen molar-refractivity contribution in [2.45, 2.75) is 95.2 Å². The number of nitrogens with two attached hydrogens (primary N) is 1. The predicted molar refractivity (Wildman–Crippen MR) is 401 cm³/mol. The number of carboxylic acid groups (broad SMARTS) is 3. The smallest absolute Gasteiger partial charge is 0.341 e. The van der Waals surface area contributed by atoms with Crippen LogP contribution >= 0.6 is 24.0 Å². The van der Waals surface area contributed by atoms with E-state index in [0.717, 1.165) is 104 Å². The highest BCUT2D eigenvalue weighted by atomic mass is 35.5. The number of carbonyl (C=O) groups excluding carboxylic acids is 4. The van der Waals surface area contributed by atoms with E-state index in [9.17, 15) is 66.9 Å². The quantitative estimate of drug-likeness (QED) is 0.0529. The van der Waals surface area contributed by atoms with Crippen LogP contribution in [0.1, 0.15) is 168 Å². The van der Waals surface area contributed by atoms with Crippen molar-refractivity contribution in [1.82, 2.24) is 28.8 Å². The van der Waals surface area contributed by atoms with Gasteiger partial charge in [0.1, 0.15) is 34.1 Å². The van der Waals surface area contributed by atoms with Crippen molar-refractivity contribution >= 4 is 110 Å². The molecule has 3 saturated heterocycles. The Bertz CT molecular complexity index is 5560. The largest absolute Gasteiger partial charge is 0.477 e. The molecule has 16 rings (SSSR count). The molecule has 3 aromatic heterocycles. The second-order valence-electron chi connectivity index (χ2n) is 27.3. The van der Waals surface area contributed by atoms with Crippen LogP contribution in [0.5, 0.6) is 0 Å². The van der Waals surface area contributed by atoms with E-state index in [1.165, 1.54) is 29.6 Å². The lowest BCUT2D eigenvalue weighted by molar-refractivity contribution is 0.0653. The molecule has 30 heteroatoms. The lowest BCUT2D eigenvalue weighted by Crippen LogP contribution is -2.34. The van der Waals surface area contributed by atoms with Gasteiger partial charge < -0.3 is 49.9 Å². The average molecular weight is 1520 g/mol. The maximum Gasteiger partial charge on any atom is 0.341 e. The van der Waals surface area contributed by atoms with Crippen LogP contribution in [0.15, 0.2) is 152 Å². The summed E-state index contributed by atoms with van der Waals surface area (Å²) in [5.41, 5.74) is 10.6. The minimum absolute atomic E-state index is 0. The van der Waals surface area contributed by atoms with Crippen LogP contribution in [0.2, 0.25) is 5.02 Å². The number of fused-ring (bicyclic) bond motifs is 5. The van der Waals surface area contributed by atoms with E-state index < -0.39 is 63.5 Å². The van der Waals surface area contributed by atoms with Gasteiger partial charge in [0.2, 0.25) is 16.3 Å². The highest BCUT2D eigenvalue weighted by molar-refractivity contribution is 6.31. The number of hydrogen-bond donors (Lipinski definition) is 5. The van der Waals surface area contributed by atoms with Crippen molar-refractivity contribution in [2.75, 3.05) is 68.7 Å². The van der Waals surface area contributed by atoms with Crippen LogP contribution in [-0.2, 0) is 0 Å². The second-order valence-corrected chi connectivity index (χ2v) is 27.7. The normalized spacial score (nSPS) is 16.5. The number of anilines is 2. The van der Waals surface area contributed by atoms with Crippen molar-refractivity contribution in [3.63, 3.8) is 0 Å². The van der Waals surface area contributed by atoms with Gasteiger partial charge in [0, 0.05) is 85.6 Å². The van der Waals surface area contributed by atoms with Gasteiger partial charge in [-0.25, -0.2) is 42.1 Å². The summed E-state index contributed by atoms with van der Waals surface area (Å²) < 4.78 is 49.0. The molecule has 5 aliphatic heterocycles. The Morgan fingerprint density at radius 1 is 0.468 bits per heavy atom. The first-order valence-electron chi connectivity index (χ1n) is 35.0. The first-order chi connectivity index (χ1) is 51.9. The molecule has 8 aromatic rings. The molecule has 5 aromatic carbocycles. The molecule has 109 heavy (non-hydrogen) atoms. The highest BCUT2D eigenvalue weighted by Crippen LogP contribution is 2.42. The Labute approximate surface area is 630 Å². The third-order valence-corrected chi connectivity index (χ3v) is 20.9. The maximum absolute atomic E-state index is 15.3. The third-order valence-electron chi connectivity index (χ3n) is 20.6. The van der Waals surface area contributed by atoms with Gasteiger partial charge in [-0.2, -0.15) is 0 Å². The first kappa shape index (κ1) is 76.6. The Balaban J connectivity index is 0.000000141. The molecule has 8 aliphatic rings. The predicted octanol–water partition coefficient (Wildman–Crippen LogP) is 12.2. The van der Waals surface area contributed by atoms with Gasteiger partial charge in [0.05, 0.1) is 88.0 Å². The Hall–Kier alpha value is -12.0. The Morgan fingerprint density at radius 3 is 1.07 bits per heavy atom. The van der Waals surface area contributed by atoms with Crippen LogP contribution in [0.3, 0.4) is 0 Å². The van der Waals surface area contributed by atoms with E-state index in [0.29, 0.717) is 119 Å². The molecule has 6 fully saturated rings. The zero-order valence-corrected chi connectivity index (χ0v) is 59.9. The van der Waals surface area contributed by atoms with Crippen LogP contribution in [0, 0.1) is 37.2 Å². The molecule has 3 aliphatic carbocycles. The second kappa shape index (κ2) is 31.8. The van der Waals surface area contributed by atoms with Gasteiger partial charge in [-0.05, 0) is 151 Å². The number of aromatic carboxylic acids is 3. The summed E-state index contributed by atoms with van der Waals surface area (Å²) >= 11 is 5.73. The van der Waals surface area contributed by atoms with Crippen molar-refractivity contribution in [3.8, 4) is 0 Å². The van der Waals surface area contributed by atoms with E-state index >= 15 is 4.39 Å². The molecular weight excluding hydrogens is 1450 g/mol. The third kappa shape index (κ3) is 15.4. The number of benzene rings is 5. The highest BCUT2D eigenvalue weighted by Gasteiger charge is 2.39. The fraction of sp³-hybridized carbons (Fsp3) is 0.304. The standard InChI is InChI=1S/C29H23FN4O5.C21H21FN4O3.C16H15N3O2.C13H9ClFNO3.ClH/c1-31-23(15-34-27(36)18-4-2-3-5-19(18)28(34)37)16-8-10-32(11-9-16)25-13-24-20(12-22(25)30)26(35)21(29(38)39)14-33(24)17-6-7-17;1-24-17(10-23)12-4-6-25(7-5-12)19-9-18-14(8-16(19)22)20(27)15(21(28)29)11-26(18)13-2-3-13;1-17-14(11-6-8-18-9-7-11)10-19-15(20)12-4-2-3-5-13(12)16(19)21;14-9-4-11-7(3-10(9)15)12(17)8(13(18)19)5-16(11)6-1-2-6;/h2-5,12-14,17H,6-11,15H2,(H,38,39);8-9,11,13H,2-7,10,23H2,(H,28,29);2-5,18H,6-10H2;3-6H,1-2H2,(H,18,19);1H. The minimum atomic E-state index is -1.34. The molecular formula is C79H69Cl2F3N12O13. The molecule has 4 amide bonds. The fourth-order valence-electron chi connectivity index (χ4n) is 14.4. The fourth-order valence-corrected chi connectivity index (χ4v) is 14.5. The van der Waals surface area contributed by atoms with Gasteiger partial charge in [-0.1, -0.05) is 52.6 Å². The molecule has 0 unspecified atom stereocenters. The van der Waals surface area contributed by atoms with E-state index in [-0.39, 0.29) is 99.9 Å². The summed E-state index contributed by atoms with van der Waals surface area (Å²) in [6.07, 6.45) is 13.2. The Morgan fingerprint density at radius 2 is 0.771 bits per heavy atom.